The summed E-state index contributed by atoms with van der Waals surface area (Å²) in [5.41, 5.74) is 0.897. The molecule has 5 nitrogen and oxygen atoms in total. The van der Waals surface area contributed by atoms with E-state index in [-0.39, 0.29) is 5.60 Å². The van der Waals surface area contributed by atoms with Gasteiger partial charge in [0.05, 0.1) is 18.8 Å². The number of carboxylic acid groups (broad SMARTS) is 1. The lowest BCUT2D eigenvalue weighted by molar-refractivity contribution is -0.100. The first-order valence-corrected chi connectivity index (χ1v) is 9.78. The number of nitrogens with zero attached hydrogens (tertiary/aromatic N) is 1. The maximum Gasteiger partial charge on any atom is 0.345 e. The molecule has 1 N–H and O–H groups in total. The Bertz CT molecular complexity index is 600. The average molecular weight is 351 g/mol. The van der Waals surface area contributed by atoms with Crippen molar-refractivity contribution in [2.24, 2.45) is 5.92 Å². The van der Waals surface area contributed by atoms with Gasteiger partial charge in [0.15, 0.2) is 0 Å². The largest absolute Gasteiger partial charge is 0.477 e. The molecule has 132 valence electrons. The number of aromatic carboxylic acids is 1. The number of ether oxygens (including phenoxy) is 2. The number of rotatable bonds is 3. The van der Waals surface area contributed by atoms with Gasteiger partial charge >= 0.3 is 5.97 Å². The highest BCUT2D eigenvalue weighted by Gasteiger charge is 2.42. The molecular weight excluding hydrogens is 326 g/mol. The normalized spacial score (nSPS) is 27.1. The molecule has 2 saturated heterocycles. The number of likely N-dealkylation sites (tertiary alicyclic amines) is 1. The van der Waals surface area contributed by atoms with Crippen LogP contribution in [0.25, 0.3) is 0 Å². The van der Waals surface area contributed by atoms with Gasteiger partial charge in [-0.2, -0.15) is 0 Å². The van der Waals surface area contributed by atoms with E-state index in [4.69, 9.17) is 9.47 Å². The van der Waals surface area contributed by atoms with E-state index in [0.717, 1.165) is 57.7 Å². The van der Waals surface area contributed by atoms with E-state index in [1.807, 2.05) is 6.07 Å². The van der Waals surface area contributed by atoms with Crippen LogP contribution in [-0.2, 0) is 21.5 Å². The smallest absolute Gasteiger partial charge is 0.345 e. The molecule has 1 unspecified atom stereocenters. The molecular formula is C18H25NO4S. The van der Waals surface area contributed by atoms with E-state index < -0.39 is 5.97 Å². The SMILES string of the molecule is O=C(O)c1cc2c(s1)CCOC21CCN(CC2CCCOC2)CC1. The number of fused-ring (bicyclic) bond motifs is 2. The number of thiophene rings is 1. The van der Waals surface area contributed by atoms with E-state index in [1.165, 1.54) is 29.1 Å². The van der Waals surface area contributed by atoms with Gasteiger partial charge < -0.3 is 19.5 Å². The van der Waals surface area contributed by atoms with Crippen molar-refractivity contribution >= 4 is 17.3 Å². The van der Waals surface area contributed by atoms with Gasteiger partial charge in [0.25, 0.3) is 0 Å². The minimum absolute atomic E-state index is 0.253. The van der Waals surface area contributed by atoms with Crippen molar-refractivity contribution in [2.45, 2.75) is 37.7 Å². The van der Waals surface area contributed by atoms with Gasteiger partial charge in [-0.25, -0.2) is 4.79 Å². The highest BCUT2D eigenvalue weighted by Crippen LogP contribution is 2.44. The summed E-state index contributed by atoms with van der Waals surface area (Å²) in [6, 6.07) is 1.87. The Morgan fingerprint density at radius 1 is 1.38 bits per heavy atom. The second kappa shape index (κ2) is 6.75. The lowest BCUT2D eigenvalue weighted by Gasteiger charge is -2.44. The van der Waals surface area contributed by atoms with Crippen molar-refractivity contribution in [3.05, 3.63) is 21.4 Å². The predicted octanol–water partition coefficient (Wildman–Crippen LogP) is 2.74. The van der Waals surface area contributed by atoms with Crippen molar-refractivity contribution in [1.82, 2.24) is 4.90 Å². The monoisotopic (exact) mass is 351 g/mol. The zero-order valence-electron chi connectivity index (χ0n) is 14.0. The Balaban J connectivity index is 1.44. The average Bonchev–Trinajstić information content (AvgIpc) is 3.04. The molecule has 0 amide bonds. The summed E-state index contributed by atoms with van der Waals surface area (Å²) < 4.78 is 11.8. The first-order chi connectivity index (χ1) is 11.7. The molecule has 0 aromatic carbocycles. The van der Waals surface area contributed by atoms with Crippen molar-refractivity contribution in [3.63, 3.8) is 0 Å². The zero-order chi connectivity index (χ0) is 16.6. The molecule has 3 aliphatic heterocycles. The van der Waals surface area contributed by atoms with Crippen LogP contribution in [0.2, 0.25) is 0 Å². The molecule has 4 rings (SSSR count). The van der Waals surface area contributed by atoms with Crippen LogP contribution in [0, 0.1) is 5.92 Å². The Morgan fingerprint density at radius 2 is 2.21 bits per heavy atom. The third kappa shape index (κ3) is 3.12. The molecule has 1 aromatic rings. The summed E-state index contributed by atoms with van der Waals surface area (Å²) in [6.45, 7) is 5.69. The number of carbonyl (C=O) groups is 1. The van der Waals surface area contributed by atoms with Crippen LogP contribution < -0.4 is 0 Å². The maximum absolute atomic E-state index is 11.3. The van der Waals surface area contributed by atoms with Gasteiger partial charge in [0, 0.05) is 37.5 Å². The van der Waals surface area contributed by atoms with Gasteiger partial charge in [-0.15, -0.1) is 11.3 Å². The summed E-state index contributed by atoms with van der Waals surface area (Å²) in [7, 11) is 0. The number of piperidine rings is 1. The van der Waals surface area contributed by atoms with Crippen LogP contribution in [0.5, 0.6) is 0 Å². The maximum atomic E-state index is 11.3. The quantitative estimate of drug-likeness (QED) is 0.907. The van der Waals surface area contributed by atoms with Crippen LogP contribution in [0.15, 0.2) is 6.07 Å². The van der Waals surface area contributed by atoms with Crippen molar-refractivity contribution < 1.29 is 19.4 Å². The molecule has 0 saturated carbocycles. The summed E-state index contributed by atoms with van der Waals surface area (Å²) in [6.07, 6.45) is 5.22. The molecule has 1 spiro atoms. The Labute approximate surface area is 146 Å². The van der Waals surface area contributed by atoms with E-state index in [1.54, 1.807) is 0 Å². The Morgan fingerprint density at radius 3 is 2.92 bits per heavy atom. The van der Waals surface area contributed by atoms with Crippen molar-refractivity contribution in [3.8, 4) is 0 Å². The summed E-state index contributed by atoms with van der Waals surface area (Å²) in [5, 5.41) is 9.29. The van der Waals surface area contributed by atoms with Gasteiger partial charge in [-0.05, 0) is 43.2 Å². The highest BCUT2D eigenvalue weighted by atomic mass is 32.1. The van der Waals surface area contributed by atoms with Crippen molar-refractivity contribution in [1.29, 1.82) is 0 Å². The number of hydrogen-bond donors (Lipinski definition) is 1. The molecule has 0 aliphatic carbocycles. The topological polar surface area (TPSA) is 59.0 Å². The van der Waals surface area contributed by atoms with Gasteiger partial charge in [0.1, 0.15) is 4.88 Å². The third-order valence-electron chi connectivity index (χ3n) is 5.65. The van der Waals surface area contributed by atoms with E-state index >= 15 is 0 Å². The molecule has 1 aromatic heterocycles. The number of hydrogen-bond acceptors (Lipinski definition) is 5. The second-order valence-electron chi connectivity index (χ2n) is 7.23. The lowest BCUT2D eigenvalue weighted by Crippen LogP contribution is -2.47. The molecule has 24 heavy (non-hydrogen) atoms. The molecule has 1 atom stereocenters. The zero-order valence-corrected chi connectivity index (χ0v) is 14.8. The Hall–Kier alpha value is -0.950. The first kappa shape index (κ1) is 16.5. The van der Waals surface area contributed by atoms with Crippen LogP contribution in [-0.4, -0.2) is 55.4 Å². The van der Waals surface area contributed by atoms with Crippen LogP contribution in [0.1, 0.15) is 45.8 Å². The van der Waals surface area contributed by atoms with E-state index in [2.05, 4.69) is 4.90 Å². The fraction of sp³-hybridized carbons (Fsp3) is 0.722. The molecule has 2 fully saturated rings. The van der Waals surface area contributed by atoms with Crippen LogP contribution >= 0.6 is 11.3 Å². The first-order valence-electron chi connectivity index (χ1n) is 8.97. The van der Waals surface area contributed by atoms with Crippen LogP contribution in [0.4, 0.5) is 0 Å². The molecule has 0 bridgehead atoms. The molecule has 6 heteroatoms. The van der Waals surface area contributed by atoms with Crippen molar-refractivity contribution in [2.75, 3.05) is 39.5 Å². The summed E-state index contributed by atoms with van der Waals surface area (Å²) >= 11 is 1.43. The third-order valence-corrected chi connectivity index (χ3v) is 6.84. The van der Waals surface area contributed by atoms with Gasteiger partial charge in [-0.1, -0.05) is 0 Å². The lowest BCUT2D eigenvalue weighted by atomic mass is 9.82. The fourth-order valence-corrected chi connectivity index (χ4v) is 5.42. The molecule has 4 heterocycles. The highest BCUT2D eigenvalue weighted by molar-refractivity contribution is 7.14. The standard InChI is InChI=1S/C18H25NO4S/c20-17(21)16-10-14-15(24-16)3-9-23-18(14)4-6-19(7-5-18)11-13-2-1-8-22-12-13/h10,13H,1-9,11-12H2,(H,20,21). The fourth-order valence-electron chi connectivity index (χ4n) is 4.35. The van der Waals surface area contributed by atoms with E-state index in [0.29, 0.717) is 17.4 Å². The van der Waals surface area contributed by atoms with Gasteiger partial charge in [0.2, 0.25) is 0 Å². The second-order valence-corrected chi connectivity index (χ2v) is 8.37. The Kier molecular flexibility index (Phi) is 4.64. The number of carboxylic acids is 1. The summed E-state index contributed by atoms with van der Waals surface area (Å²) in [4.78, 5) is 15.5. The molecule has 3 aliphatic rings. The minimum atomic E-state index is -0.820. The minimum Gasteiger partial charge on any atom is -0.477 e. The van der Waals surface area contributed by atoms with E-state index in [9.17, 15) is 9.90 Å². The van der Waals surface area contributed by atoms with Crippen LogP contribution in [0.3, 0.4) is 0 Å². The van der Waals surface area contributed by atoms with Gasteiger partial charge in [-0.3, -0.25) is 0 Å². The summed E-state index contributed by atoms with van der Waals surface area (Å²) in [5.74, 6) is -0.158. The predicted molar refractivity (Wildman–Crippen MR) is 91.8 cm³/mol. The molecule has 0 radical (unpaired) electrons.